The number of ether oxygens (including phenoxy) is 1. The maximum absolute atomic E-state index is 13.8. The van der Waals surface area contributed by atoms with Crippen molar-refractivity contribution < 1.29 is 35.9 Å². The first-order valence-electron chi connectivity index (χ1n) is 16.5. The fourth-order valence-electron chi connectivity index (χ4n) is 6.35. The van der Waals surface area contributed by atoms with Crippen LogP contribution in [0.2, 0.25) is 0 Å². The summed E-state index contributed by atoms with van der Waals surface area (Å²) in [6, 6.07) is 8.67. The summed E-state index contributed by atoms with van der Waals surface area (Å²) in [7, 11) is -1.90. The lowest BCUT2D eigenvalue weighted by atomic mass is 9.89. The third-order valence-corrected chi connectivity index (χ3v) is 11.2. The number of nitrogens with zero attached hydrogens (tertiary/aromatic N) is 3. The van der Waals surface area contributed by atoms with Gasteiger partial charge in [-0.2, -0.15) is 13.2 Å². The van der Waals surface area contributed by atoms with Gasteiger partial charge in [-0.05, 0) is 93.3 Å². The zero-order chi connectivity index (χ0) is 34.5. The summed E-state index contributed by atoms with van der Waals surface area (Å²) in [6.07, 6.45) is 5.02. The summed E-state index contributed by atoms with van der Waals surface area (Å²) in [5.41, 5.74) is 0.130. The molecule has 0 radical (unpaired) electrons. The van der Waals surface area contributed by atoms with Gasteiger partial charge in [0, 0.05) is 37.8 Å². The number of allylic oxidation sites excluding steroid dienone is 1. The molecule has 7 bridgehead atoms. The van der Waals surface area contributed by atoms with E-state index in [9.17, 15) is 31.2 Å². The molecule has 2 aromatic carbocycles. The molecule has 1 fully saturated rings. The smallest absolute Gasteiger partial charge is 0.416 e. The van der Waals surface area contributed by atoms with Crippen molar-refractivity contribution in [1.82, 2.24) is 14.5 Å². The molecule has 0 unspecified atom stereocenters. The first kappa shape index (κ1) is 35.6. The van der Waals surface area contributed by atoms with Gasteiger partial charge in [0.25, 0.3) is 11.8 Å². The largest absolute Gasteiger partial charge is 0.493 e. The Bertz CT molecular complexity index is 1680. The number of hydrogen-bond donors (Lipinski definition) is 1. The molecule has 260 valence electrons. The molecule has 7 rings (SSSR count). The number of aliphatic imine (C=N–C) groups is 1. The van der Waals surface area contributed by atoms with Crippen LogP contribution >= 0.6 is 0 Å². The van der Waals surface area contributed by atoms with Crippen LogP contribution in [0.25, 0.3) is 0 Å². The van der Waals surface area contributed by atoms with Crippen LogP contribution in [0.15, 0.2) is 53.5 Å². The molecule has 0 atom stereocenters. The predicted octanol–water partition coefficient (Wildman–Crippen LogP) is 5.66. The van der Waals surface area contributed by atoms with Crippen LogP contribution < -0.4 is 10.1 Å². The van der Waals surface area contributed by atoms with Crippen molar-refractivity contribution in [3.05, 3.63) is 76.4 Å². The van der Waals surface area contributed by atoms with Gasteiger partial charge in [0.15, 0.2) is 0 Å². The SMILES string of the molecule is Cc1cc2ccc1CCS(=O)(=O)N1CCC3(CC1)N=C(NC3=O)c1cc(cc(C(F)(F)F)c1)OCC/C=C/CCCCCCN(C)C2=O. The fraction of sp³-hybridized carbons (Fsp3) is 0.514. The lowest BCUT2D eigenvalue weighted by Gasteiger charge is -2.34. The zero-order valence-corrected chi connectivity index (χ0v) is 28.3. The molecule has 1 saturated heterocycles. The molecular formula is C35H43F3N4O5S. The minimum absolute atomic E-state index is 0.0136. The minimum atomic E-state index is -4.64. The van der Waals surface area contributed by atoms with E-state index in [2.05, 4.69) is 10.3 Å². The van der Waals surface area contributed by atoms with Gasteiger partial charge in [0.2, 0.25) is 10.0 Å². The number of carbonyl (C=O) groups excluding carboxylic acids is 2. The number of benzene rings is 2. The highest BCUT2D eigenvalue weighted by molar-refractivity contribution is 7.89. The molecule has 0 aliphatic carbocycles. The van der Waals surface area contributed by atoms with Gasteiger partial charge in [-0.25, -0.2) is 12.7 Å². The van der Waals surface area contributed by atoms with E-state index < -0.39 is 33.2 Å². The molecular weight excluding hydrogens is 645 g/mol. The maximum atomic E-state index is 13.8. The van der Waals surface area contributed by atoms with Gasteiger partial charge in [-0.3, -0.25) is 14.6 Å². The molecule has 5 aliphatic heterocycles. The average molecular weight is 689 g/mol. The van der Waals surface area contributed by atoms with Crippen LogP contribution in [0.3, 0.4) is 0 Å². The lowest BCUT2D eigenvalue weighted by molar-refractivity contribution is -0.137. The van der Waals surface area contributed by atoms with Gasteiger partial charge in [0.1, 0.15) is 17.1 Å². The number of fused-ring (bicyclic) bond motifs is 2. The third kappa shape index (κ3) is 8.46. The van der Waals surface area contributed by atoms with E-state index in [0.717, 1.165) is 55.4 Å². The number of rotatable bonds is 0. The second-order valence-corrected chi connectivity index (χ2v) is 14.9. The highest BCUT2D eigenvalue weighted by atomic mass is 32.2. The predicted molar refractivity (Wildman–Crippen MR) is 178 cm³/mol. The Morgan fingerprint density at radius 1 is 0.917 bits per heavy atom. The Morgan fingerprint density at radius 3 is 2.38 bits per heavy atom. The average Bonchev–Trinajstić information content (AvgIpc) is 3.36. The van der Waals surface area contributed by atoms with Crippen molar-refractivity contribution in [3.63, 3.8) is 0 Å². The lowest BCUT2D eigenvalue weighted by Crippen LogP contribution is -2.50. The van der Waals surface area contributed by atoms with Gasteiger partial charge < -0.3 is 15.0 Å². The summed E-state index contributed by atoms with van der Waals surface area (Å²) in [5, 5.41) is 2.65. The van der Waals surface area contributed by atoms with Crippen molar-refractivity contribution in [1.29, 1.82) is 0 Å². The van der Waals surface area contributed by atoms with Crippen LogP contribution in [0.5, 0.6) is 5.75 Å². The van der Waals surface area contributed by atoms with E-state index in [1.54, 1.807) is 18.0 Å². The Morgan fingerprint density at radius 2 is 1.65 bits per heavy atom. The molecule has 48 heavy (non-hydrogen) atoms. The minimum Gasteiger partial charge on any atom is -0.493 e. The number of nitrogens with one attached hydrogen (secondary N) is 1. The van der Waals surface area contributed by atoms with Crippen molar-refractivity contribution in [2.24, 2.45) is 4.99 Å². The van der Waals surface area contributed by atoms with Crippen molar-refractivity contribution in [2.75, 3.05) is 39.0 Å². The Hall–Kier alpha value is -3.71. The number of aryl methyl sites for hydroxylation is 2. The van der Waals surface area contributed by atoms with Crippen molar-refractivity contribution in [3.8, 4) is 5.75 Å². The topological polar surface area (TPSA) is 108 Å². The molecule has 5 heterocycles. The summed E-state index contributed by atoms with van der Waals surface area (Å²) in [5.74, 6) is -0.646. The Labute approximate surface area is 280 Å². The van der Waals surface area contributed by atoms with Crippen molar-refractivity contribution >= 4 is 27.7 Å². The van der Waals surface area contributed by atoms with Gasteiger partial charge in [0.05, 0.1) is 17.9 Å². The zero-order valence-electron chi connectivity index (χ0n) is 27.4. The number of carbonyl (C=O) groups is 2. The Balaban J connectivity index is 1.36. The van der Waals surface area contributed by atoms with E-state index in [4.69, 9.17) is 4.74 Å². The van der Waals surface area contributed by atoms with Crippen LogP contribution in [0, 0.1) is 6.92 Å². The number of sulfonamides is 1. The van der Waals surface area contributed by atoms with Gasteiger partial charge in [-0.1, -0.05) is 31.1 Å². The molecule has 5 aliphatic rings. The normalized spacial score (nSPS) is 25.3. The van der Waals surface area contributed by atoms with Gasteiger partial charge in [-0.15, -0.1) is 0 Å². The first-order valence-corrected chi connectivity index (χ1v) is 18.1. The highest BCUT2D eigenvalue weighted by Gasteiger charge is 2.47. The van der Waals surface area contributed by atoms with E-state index in [1.165, 1.54) is 10.4 Å². The molecule has 9 nitrogen and oxygen atoms in total. The maximum Gasteiger partial charge on any atom is 0.416 e. The quantitative estimate of drug-likeness (QED) is 0.360. The molecule has 2 amide bonds. The van der Waals surface area contributed by atoms with E-state index in [0.29, 0.717) is 18.5 Å². The van der Waals surface area contributed by atoms with Crippen molar-refractivity contribution in [2.45, 2.75) is 76.4 Å². The second-order valence-electron chi connectivity index (χ2n) is 12.8. The monoisotopic (exact) mass is 688 g/mol. The second kappa shape index (κ2) is 14.8. The van der Waals surface area contributed by atoms with Crippen LogP contribution in [0.1, 0.15) is 84.0 Å². The van der Waals surface area contributed by atoms with E-state index in [-0.39, 0.29) is 67.8 Å². The third-order valence-electron chi connectivity index (χ3n) is 9.33. The Kier molecular flexibility index (Phi) is 11.0. The first-order chi connectivity index (χ1) is 22.8. The van der Waals surface area contributed by atoms with Crippen LogP contribution in [0.4, 0.5) is 13.2 Å². The highest BCUT2D eigenvalue weighted by Crippen LogP contribution is 2.36. The van der Waals surface area contributed by atoms with Gasteiger partial charge >= 0.3 is 6.18 Å². The van der Waals surface area contributed by atoms with Crippen LogP contribution in [-0.2, 0) is 27.4 Å². The fourth-order valence-corrected chi connectivity index (χ4v) is 7.83. The molecule has 0 saturated carbocycles. The van der Waals surface area contributed by atoms with E-state index in [1.807, 2.05) is 31.2 Å². The molecule has 2 aromatic rings. The number of amides is 2. The number of amidine groups is 1. The molecule has 0 aromatic heterocycles. The number of hydrogen-bond acceptors (Lipinski definition) is 6. The van der Waals surface area contributed by atoms with Crippen LogP contribution in [-0.4, -0.2) is 79.9 Å². The summed E-state index contributed by atoms with van der Waals surface area (Å²) in [6.45, 7) is 2.78. The summed E-state index contributed by atoms with van der Waals surface area (Å²) in [4.78, 5) is 32.5. The number of piperidine rings is 1. The molecule has 1 N–H and O–H groups in total. The standard InChI is InChI=1S/C35H43F3N4O5S/c1-25-21-27-12-11-26(25)13-20-48(45,46)42-17-14-34(15-18-42)33(44)39-31(40-34)28-22-29(35(36,37)38)24-30(23-28)47-19-10-8-6-4-3-5-7-9-16-41(2)32(27)43/h6,8,11-12,21-24H,3-5,7,9-10,13-20H2,1-2H3,(H,39,40,44)/b8-6+. The number of alkyl halides is 3. The number of halogens is 3. The molecule has 1 spiro atoms. The van der Waals surface area contributed by atoms with E-state index >= 15 is 0 Å². The summed E-state index contributed by atoms with van der Waals surface area (Å²) < 4.78 is 75.2. The summed E-state index contributed by atoms with van der Waals surface area (Å²) >= 11 is 0. The molecule has 13 heteroatoms.